The average molecular weight is 539 g/mol. The first-order chi connectivity index (χ1) is 18.2. The smallest absolute Gasteiger partial charge is 0.310 e. The number of nitrogens with zero attached hydrogens (tertiary/aromatic N) is 2. The highest BCUT2D eigenvalue weighted by Gasteiger charge is 2.78. The van der Waals surface area contributed by atoms with Crippen LogP contribution in [0.1, 0.15) is 25.3 Å². The Morgan fingerprint density at radius 3 is 2.53 bits per heavy atom. The third-order valence-electron chi connectivity index (χ3n) is 8.35. The maximum atomic E-state index is 14.5. The third-order valence-corrected chi connectivity index (χ3v) is 8.67. The summed E-state index contributed by atoms with van der Waals surface area (Å²) < 4.78 is 6.49. The molecule has 3 fully saturated rings. The van der Waals surface area contributed by atoms with Crippen molar-refractivity contribution in [2.45, 2.75) is 49.5 Å². The number of benzene rings is 2. The normalized spacial score (nSPS) is 30.2. The van der Waals surface area contributed by atoms with Gasteiger partial charge in [-0.2, -0.15) is 0 Å². The van der Waals surface area contributed by atoms with Crippen molar-refractivity contribution < 1.29 is 29.3 Å². The van der Waals surface area contributed by atoms with Gasteiger partial charge in [0.1, 0.15) is 11.6 Å². The fourth-order valence-corrected chi connectivity index (χ4v) is 7.04. The van der Waals surface area contributed by atoms with Crippen LogP contribution in [0.4, 0.5) is 5.69 Å². The Hall–Kier alpha value is -3.20. The number of likely N-dealkylation sites (tertiary alicyclic amines) is 1. The zero-order valence-electron chi connectivity index (χ0n) is 21.1. The van der Waals surface area contributed by atoms with E-state index in [-0.39, 0.29) is 13.0 Å². The van der Waals surface area contributed by atoms with E-state index in [2.05, 4.69) is 6.58 Å². The average Bonchev–Trinajstić information content (AvgIpc) is 3.47. The molecule has 38 heavy (non-hydrogen) atoms. The Balaban J connectivity index is 1.64. The number of rotatable bonds is 9. The zero-order valence-corrected chi connectivity index (χ0v) is 21.9. The van der Waals surface area contributed by atoms with Gasteiger partial charge in [-0.1, -0.05) is 60.1 Å². The van der Waals surface area contributed by atoms with Crippen LogP contribution < -0.4 is 4.90 Å². The van der Waals surface area contributed by atoms with Crippen LogP contribution in [0.25, 0.3) is 0 Å². The number of hydrogen-bond donors (Lipinski definition) is 2. The molecule has 2 aromatic carbocycles. The highest BCUT2D eigenvalue weighted by molar-refractivity contribution is 6.34. The fourth-order valence-electron chi connectivity index (χ4n) is 6.80. The number of carbonyl (C=O) groups excluding carboxylic acids is 2. The number of carbonyl (C=O) groups is 3. The van der Waals surface area contributed by atoms with E-state index in [4.69, 9.17) is 16.3 Å². The monoisotopic (exact) mass is 538 g/mol. The van der Waals surface area contributed by atoms with Gasteiger partial charge in [0.25, 0.3) is 5.91 Å². The molecule has 3 heterocycles. The second-order valence-corrected chi connectivity index (χ2v) is 10.9. The lowest BCUT2D eigenvalue weighted by molar-refractivity contribution is -0.155. The molecule has 2 aromatic rings. The van der Waals surface area contributed by atoms with Gasteiger partial charge in [0.15, 0.2) is 0 Å². The van der Waals surface area contributed by atoms with Gasteiger partial charge in [0.2, 0.25) is 5.91 Å². The van der Waals surface area contributed by atoms with Crippen molar-refractivity contribution in [3.63, 3.8) is 0 Å². The third kappa shape index (κ3) is 3.94. The number of aliphatic hydroxyl groups excluding tert-OH is 1. The van der Waals surface area contributed by atoms with E-state index in [0.717, 1.165) is 5.56 Å². The first-order valence-electron chi connectivity index (χ1n) is 12.7. The van der Waals surface area contributed by atoms with Crippen LogP contribution in [-0.4, -0.2) is 69.3 Å². The van der Waals surface area contributed by atoms with Crippen molar-refractivity contribution in [3.8, 4) is 0 Å². The molecule has 9 heteroatoms. The van der Waals surface area contributed by atoms with Crippen molar-refractivity contribution in [1.29, 1.82) is 0 Å². The molecule has 3 saturated heterocycles. The van der Waals surface area contributed by atoms with E-state index in [0.29, 0.717) is 23.6 Å². The van der Waals surface area contributed by atoms with Crippen molar-refractivity contribution in [1.82, 2.24) is 4.90 Å². The summed E-state index contributed by atoms with van der Waals surface area (Å²) in [4.78, 5) is 44.0. The van der Waals surface area contributed by atoms with Crippen molar-refractivity contribution in [2.24, 2.45) is 11.8 Å². The molecule has 5 rings (SSSR count). The SMILES string of the molecule is C=CCN(C(=O)C1N([C@@H](CO)Cc2ccccc2)C(=O)[C@@H]2[C@H](C(=O)O)[C@]3(C)CCC12O3)c1ccccc1Cl. The number of aliphatic carboxylic acids is 1. The van der Waals surface area contributed by atoms with E-state index in [1.165, 1.54) is 9.80 Å². The number of carboxylic acid groups (broad SMARTS) is 1. The minimum Gasteiger partial charge on any atom is -0.481 e. The van der Waals surface area contributed by atoms with Gasteiger partial charge < -0.3 is 24.7 Å². The van der Waals surface area contributed by atoms with Gasteiger partial charge in [0.05, 0.1) is 40.8 Å². The molecule has 2 bridgehead atoms. The summed E-state index contributed by atoms with van der Waals surface area (Å²) in [6.45, 7) is 5.22. The molecule has 0 aromatic heterocycles. The molecule has 0 aliphatic carbocycles. The second-order valence-electron chi connectivity index (χ2n) is 10.5. The van der Waals surface area contributed by atoms with Crippen LogP contribution >= 0.6 is 11.6 Å². The number of anilines is 1. The Morgan fingerprint density at radius 2 is 1.89 bits per heavy atom. The van der Waals surface area contributed by atoms with Gasteiger partial charge in [-0.15, -0.1) is 6.58 Å². The standard InChI is InChI=1S/C29H31ClN2O6/c1-3-15-31(21-12-8-7-11-20(21)30)26(35)24-29-14-13-28(2,38-29)23(27(36)37)22(29)25(34)32(24)19(17-33)16-18-9-5-4-6-10-18/h3-12,19,22-24,33H,1,13-17H2,2H3,(H,36,37)/t19-,22+,23-,24?,28+,29?/m1/s1. The van der Waals surface area contributed by atoms with E-state index in [1.807, 2.05) is 30.3 Å². The first kappa shape index (κ1) is 26.4. The van der Waals surface area contributed by atoms with E-state index in [9.17, 15) is 24.6 Å². The number of carboxylic acids is 1. The predicted octanol–water partition coefficient (Wildman–Crippen LogP) is 3.31. The molecule has 2 amide bonds. The number of hydrogen-bond acceptors (Lipinski definition) is 5. The Labute approximate surface area is 226 Å². The van der Waals surface area contributed by atoms with E-state index < -0.39 is 59.5 Å². The minimum atomic E-state index is -1.34. The van der Waals surface area contributed by atoms with E-state index in [1.54, 1.807) is 37.3 Å². The second kappa shape index (κ2) is 9.84. The Kier molecular flexibility index (Phi) is 6.84. The summed E-state index contributed by atoms with van der Waals surface area (Å²) in [6, 6.07) is 14.3. The van der Waals surface area contributed by atoms with Gasteiger partial charge >= 0.3 is 5.97 Å². The molecule has 2 N–H and O–H groups in total. The molecule has 6 atom stereocenters. The number of ether oxygens (including phenoxy) is 1. The van der Waals surface area contributed by atoms with E-state index >= 15 is 0 Å². The van der Waals surface area contributed by atoms with Crippen molar-refractivity contribution in [2.75, 3.05) is 18.1 Å². The lowest BCUT2D eigenvalue weighted by Gasteiger charge is -2.39. The lowest BCUT2D eigenvalue weighted by atomic mass is 9.66. The fraction of sp³-hybridized carbons (Fsp3) is 0.414. The maximum absolute atomic E-state index is 14.5. The number of para-hydroxylation sites is 1. The summed E-state index contributed by atoms with van der Waals surface area (Å²) in [6.07, 6.45) is 2.61. The van der Waals surface area contributed by atoms with Crippen LogP contribution in [-0.2, 0) is 25.5 Å². The summed E-state index contributed by atoms with van der Waals surface area (Å²) in [5.74, 6) is -4.21. The highest BCUT2D eigenvalue weighted by Crippen LogP contribution is 2.63. The van der Waals surface area contributed by atoms with Gasteiger partial charge in [-0.05, 0) is 43.9 Å². The number of aliphatic hydroxyl groups is 1. The largest absolute Gasteiger partial charge is 0.481 e. The summed E-state index contributed by atoms with van der Waals surface area (Å²) in [7, 11) is 0. The van der Waals surface area contributed by atoms with Gasteiger partial charge in [0, 0.05) is 6.54 Å². The lowest BCUT2D eigenvalue weighted by Crippen LogP contribution is -2.59. The highest BCUT2D eigenvalue weighted by atomic mass is 35.5. The maximum Gasteiger partial charge on any atom is 0.310 e. The summed E-state index contributed by atoms with van der Waals surface area (Å²) in [5.41, 5.74) is -1.08. The summed E-state index contributed by atoms with van der Waals surface area (Å²) >= 11 is 6.48. The summed E-state index contributed by atoms with van der Waals surface area (Å²) in [5, 5.41) is 21.0. The molecule has 0 saturated carbocycles. The topological polar surface area (TPSA) is 107 Å². The van der Waals surface area contributed by atoms with Crippen LogP contribution in [0.15, 0.2) is 67.3 Å². The molecule has 2 unspecified atom stereocenters. The predicted molar refractivity (Wildman–Crippen MR) is 142 cm³/mol. The number of amides is 2. The Bertz CT molecular complexity index is 1270. The quantitative estimate of drug-likeness (QED) is 0.474. The van der Waals surface area contributed by atoms with Crippen LogP contribution in [0.3, 0.4) is 0 Å². The van der Waals surface area contributed by atoms with Gasteiger partial charge in [-0.25, -0.2) is 0 Å². The molecule has 3 aliphatic heterocycles. The Morgan fingerprint density at radius 1 is 1.21 bits per heavy atom. The van der Waals surface area contributed by atoms with Crippen LogP contribution in [0.5, 0.6) is 0 Å². The molecule has 3 aliphatic rings. The van der Waals surface area contributed by atoms with Crippen LogP contribution in [0, 0.1) is 11.8 Å². The minimum absolute atomic E-state index is 0.115. The molecule has 200 valence electrons. The number of halogens is 1. The molecule has 0 radical (unpaired) electrons. The van der Waals surface area contributed by atoms with Crippen LogP contribution in [0.2, 0.25) is 5.02 Å². The molecule has 8 nitrogen and oxygen atoms in total. The molecule has 1 spiro atoms. The number of fused-ring (bicyclic) bond motifs is 1. The first-order valence-corrected chi connectivity index (χ1v) is 13.1. The van der Waals surface area contributed by atoms with Crippen molar-refractivity contribution in [3.05, 3.63) is 77.8 Å². The van der Waals surface area contributed by atoms with Gasteiger partial charge in [-0.3, -0.25) is 14.4 Å². The molecular weight excluding hydrogens is 508 g/mol. The van der Waals surface area contributed by atoms with Crippen molar-refractivity contribution >= 4 is 35.1 Å². The molecular formula is C29H31ClN2O6. The zero-order chi connectivity index (χ0) is 27.2.